The van der Waals surface area contributed by atoms with E-state index in [0.29, 0.717) is 42.6 Å². The largest absolute Gasteiger partial charge is 0.466 e. The number of hydrogen-bond acceptors (Lipinski definition) is 5. The number of carbonyl (C=O) groups is 1. The van der Waals surface area contributed by atoms with Crippen molar-refractivity contribution < 1.29 is 24.9 Å². The SMILES string of the molecule is CCOC(=O)CC[C@H](C)[C@@H]1CC[C@@H]2[C@H]3[C@H](O)C[C@H]4C[C@H](O)CC[C@]4(C)[C@H]3C[C@H](O)[C@@]21C. The Bertz CT molecular complexity index is 666. The Morgan fingerprint density at radius 2 is 1.81 bits per heavy atom. The molecule has 0 aromatic rings. The van der Waals surface area contributed by atoms with Gasteiger partial charge in [0.25, 0.3) is 0 Å². The van der Waals surface area contributed by atoms with Gasteiger partial charge in [0.1, 0.15) is 0 Å². The van der Waals surface area contributed by atoms with Gasteiger partial charge in [-0.15, -0.1) is 0 Å². The van der Waals surface area contributed by atoms with Crippen LogP contribution in [0.3, 0.4) is 0 Å². The normalized spacial score (nSPS) is 50.2. The molecular weight excluding hydrogens is 392 g/mol. The smallest absolute Gasteiger partial charge is 0.305 e. The monoisotopic (exact) mass is 436 g/mol. The number of esters is 1. The quantitative estimate of drug-likeness (QED) is 0.569. The summed E-state index contributed by atoms with van der Waals surface area (Å²) >= 11 is 0. The number of fused-ring (bicyclic) bond motifs is 5. The van der Waals surface area contributed by atoms with Gasteiger partial charge in [-0.25, -0.2) is 0 Å². The average molecular weight is 437 g/mol. The van der Waals surface area contributed by atoms with Crippen LogP contribution >= 0.6 is 0 Å². The molecule has 0 amide bonds. The van der Waals surface area contributed by atoms with E-state index in [0.717, 1.165) is 51.4 Å². The van der Waals surface area contributed by atoms with Gasteiger partial charge in [-0.2, -0.15) is 0 Å². The molecule has 0 radical (unpaired) electrons. The highest BCUT2D eigenvalue weighted by Crippen LogP contribution is 2.68. The lowest BCUT2D eigenvalue weighted by atomic mass is 9.43. The Hall–Kier alpha value is -0.650. The van der Waals surface area contributed by atoms with Crippen LogP contribution in [-0.4, -0.2) is 46.2 Å². The van der Waals surface area contributed by atoms with E-state index in [4.69, 9.17) is 4.74 Å². The van der Waals surface area contributed by atoms with Crippen LogP contribution in [0.4, 0.5) is 0 Å². The minimum Gasteiger partial charge on any atom is -0.466 e. The molecule has 0 saturated heterocycles. The van der Waals surface area contributed by atoms with E-state index < -0.39 is 0 Å². The maximum Gasteiger partial charge on any atom is 0.305 e. The fourth-order valence-electron chi connectivity index (χ4n) is 8.91. The summed E-state index contributed by atoms with van der Waals surface area (Å²) in [4.78, 5) is 11.9. The van der Waals surface area contributed by atoms with Gasteiger partial charge in [0.2, 0.25) is 0 Å². The van der Waals surface area contributed by atoms with Crippen LogP contribution in [0.2, 0.25) is 0 Å². The molecule has 5 heteroatoms. The lowest BCUT2D eigenvalue weighted by Crippen LogP contribution is -2.62. The third-order valence-corrected chi connectivity index (χ3v) is 10.6. The first-order valence-corrected chi connectivity index (χ1v) is 12.8. The Labute approximate surface area is 187 Å². The van der Waals surface area contributed by atoms with E-state index >= 15 is 0 Å². The van der Waals surface area contributed by atoms with Gasteiger partial charge >= 0.3 is 5.97 Å². The van der Waals surface area contributed by atoms with Crippen LogP contribution in [-0.2, 0) is 9.53 Å². The molecule has 4 aliphatic rings. The van der Waals surface area contributed by atoms with Gasteiger partial charge in [0.05, 0.1) is 24.9 Å². The molecule has 0 aromatic heterocycles. The molecule has 4 aliphatic carbocycles. The summed E-state index contributed by atoms with van der Waals surface area (Å²) in [6.07, 6.45) is 6.62. The highest BCUT2D eigenvalue weighted by atomic mass is 16.5. The van der Waals surface area contributed by atoms with E-state index in [1.165, 1.54) is 0 Å². The second-order valence-electron chi connectivity index (χ2n) is 11.8. The maximum atomic E-state index is 11.9. The van der Waals surface area contributed by atoms with Crippen molar-refractivity contribution in [3.8, 4) is 0 Å². The van der Waals surface area contributed by atoms with Gasteiger partial charge in [0.15, 0.2) is 0 Å². The first-order chi connectivity index (χ1) is 14.6. The molecule has 4 rings (SSSR count). The van der Waals surface area contributed by atoms with Crippen molar-refractivity contribution in [2.75, 3.05) is 6.61 Å². The van der Waals surface area contributed by atoms with Crippen LogP contribution in [0, 0.1) is 46.3 Å². The second-order valence-corrected chi connectivity index (χ2v) is 11.8. The fraction of sp³-hybridized carbons (Fsp3) is 0.962. The molecule has 0 spiro atoms. The average Bonchev–Trinajstić information content (AvgIpc) is 3.07. The molecule has 0 aromatic carbocycles. The van der Waals surface area contributed by atoms with Crippen LogP contribution in [0.5, 0.6) is 0 Å². The van der Waals surface area contributed by atoms with E-state index in [1.807, 2.05) is 6.92 Å². The summed E-state index contributed by atoms with van der Waals surface area (Å²) in [5.74, 6) is 1.84. The number of aliphatic hydroxyl groups is 3. The predicted octanol–water partition coefficient (Wildman–Crippen LogP) is 3.93. The standard InChI is InChI=1S/C26H44O5/c1-5-31-23(30)9-6-15(2)18-7-8-19-24-20(14-22(29)26(18,19)4)25(3)11-10-17(27)12-16(25)13-21(24)28/h15-22,24,27-29H,5-14H2,1-4H3/t15-,16+,17+,18-,19+,20-,21+,22-,24+,25-,26+/m0/s1. The molecule has 0 bridgehead atoms. The van der Waals surface area contributed by atoms with Crippen molar-refractivity contribution in [3.63, 3.8) is 0 Å². The van der Waals surface area contributed by atoms with Crippen molar-refractivity contribution in [1.29, 1.82) is 0 Å². The highest BCUT2D eigenvalue weighted by Gasteiger charge is 2.65. The first-order valence-electron chi connectivity index (χ1n) is 12.8. The number of carbonyl (C=O) groups excluding carboxylic acids is 1. The van der Waals surface area contributed by atoms with Crippen LogP contribution in [0.15, 0.2) is 0 Å². The van der Waals surface area contributed by atoms with Gasteiger partial charge in [-0.3, -0.25) is 4.79 Å². The van der Waals surface area contributed by atoms with Gasteiger partial charge in [0, 0.05) is 6.42 Å². The van der Waals surface area contributed by atoms with E-state index in [-0.39, 0.29) is 41.0 Å². The first kappa shape index (κ1) is 23.5. The number of hydrogen-bond donors (Lipinski definition) is 3. The predicted molar refractivity (Wildman–Crippen MR) is 119 cm³/mol. The second kappa shape index (κ2) is 8.61. The van der Waals surface area contributed by atoms with Crippen molar-refractivity contribution >= 4 is 5.97 Å². The van der Waals surface area contributed by atoms with Gasteiger partial charge in [-0.05, 0) is 105 Å². The van der Waals surface area contributed by atoms with E-state index in [9.17, 15) is 20.1 Å². The van der Waals surface area contributed by atoms with Crippen LogP contribution < -0.4 is 0 Å². The van der Waals surface area contributed by atoms with Gasteiger partial charge < -0.3 is 20.1 Å². The zero-order valence-corrected chi connectivity index (χ0v) is 19.9. The number of aliphatic hydroxyl groups excluding tert-OH is 3. The summed E-state index contributed by atoms with van der Waals surface area (Å²) in [5, 5.41) is 33.1. The van der Waals surface area contributed by atoms with Crippen molar-refractivity contribution in [2.24, 2.45) is 46.3 Å². The summed E-state index contributed by atoms with van der Waals surface area (Å²) < 4.78 is 5.12. The Morgan fingerprint density at radius 1 is 1.06 bits per heavy atom. The Balaban J connectivity index is 1.54. The maximum absolute atomic E-state index is 11.9. The summed E-state index contributed by atoms with van der Waals surface area (Å²) in [6, 6.07) is 0. The van der Waals surface area contributed by atoms with E-state index in [2.05, 4.69) is 20.8 Å². The molecule has 31 heavy (non-hydrogen) atoms. The molecule has 11 atom stereocenters. The summed E-state index contributed by atoms with van der Waals surface area (Å²) in [7, 11) is 0. The number of ether oxygens (including phenoxy) is 1. The zero-order chi connectivity index (χ0) is 22.6. The molecular formula is C26H44O5. The highest BCUT2D eigenvalue weighted by molar-refractivity contribution is 5.69. The topological polar surface area (TPSA) is 87.0 Å². The van der Waals surface area contributed by atoms with E-state index in [1.54, 1.807) is 0 Å². The van der Waals surface area contributed by atoms with Crippen molar-refractivity contribution in [3.05, 3.63) is 0 Å². The van der Waals surface area contributed by atoms with Crippen LogP contribution in [0.1, 0.15) is 85.5 Å². The third-order valence-electron chi connectivity index (χ3n) is 10.6. The van der Waals surface area contributed by atoms with Crippen molar-refractivity contribution in [1.82, 2.24) is 0 Å². The van der Waals surface area contributed by atoms with Crippen molar-refractivity contribution in [2.45, 2.75) is 104 Å². The van der Waals surface area contributed by atoms with Crippen LogP contribution in [0.25, 0.3) is 0 Å². The fourth-order valence-corrected chi connectivity index (χ4v) is 8.91. The molecule has 178 valence electrons. The Morgan fingerprint density at radius 3 is 2.52 bits per heavy atom. The third kappa shape index (κ3) is 3.77. The molecule has 0 aliphatic heterocycles. The molecule has 5 nitrogen and oxygen atoms in total. The summed E-state index contributed by atoms with van der Waals surface area (Å²) in [6.45, 7) is 9.13. The Kier molecular flexibility index (Phi) is 6.53. The zero-order valence-electron chi connectivity index (χ0n) is 19.9. The molecule has 4 saturated carbocycles. The minimum absolute atomic E-state index is 0.110. The summed E-state index contributed by atoms with van der Waals surface area (Å²) in [5.41, 5.74) is -0.0906. The molecule has 0 unspecified atom stereocenters. The minimum atomic E-state index is -0.370. The van der Waals surface area contributed by atoms with Gasteiger partial charge in [-0.1, -0.05) is 20.8 Å². The lowest BCUT2D eigenvalue weighted by molar-refractivity contribution is -0.207. The lowest BCUT2D eigenvalue weighted by Gasteiger charge is -2.63. The molecule has 4 fully saturated rings. The molecule has 3 N–H and O–H groups in total. The number of rotatable bonds is 5. The molecule has 0 heterocycles.